The molecule has 0 radical (unpaired) electrons. The zero-order valence-corrected chi connectivity index (χ0v) is 13.3. The molecule has 130 valence electrons. The van der Waals surface area contributed by atoms with Crippen LogP contribution in [-0.2, 0) is 4.74 Å². The second-order valence-electron chi connectivity index (χ2n) is 6.49. The number of aromatic amines is 1. The predicted octanol–water partition coefficient (Wildman–Crippen LogP) is 1.38. The van der Waals surface area contributed by atoms with Crippen molar-refractivity contribution in [3.8, 4) is 0 Å². The van der Waals surface area contributed by atoms with Gasteiger partial charge in [-0.1, -0.05) is 0 Å². The molecule has 2 aromatic rings. The Morgan fingerprint density at radius 3 is 2.88 bits per heavy atom. The maximum Gasteiger partial charge on any atom is 0.407 e. The summed E-state index contributed by atoms with van der Waals surface area (Å²) in [5, 5.41) is 2.97. The minimum Gasteiger partial charge on any atom is -0.439 e. The van der Waals surface area contributed by atoms with Gasteiger partial charge < -0.3 is 19.9 Å². The number of nitrogens with zero attached hydrogens (tertiary/aromatic N) is 1. The van der Waals surface area contributed by atoms with Gasteiger partial charge in [-0.15, -0.1) is 0 Å². The Morgan fingerprint density at radius 1 is 1.28 bits per heavy atom. The van der Waals surface area contributed by atoms with Crippen molar-refractivity contribution in [2.24, 2.45) is 0 Å². The molecule has 2 N–H and O–H groups in total. The standard InChI is InChI=1S/C17H16FN3O4/c18-10-2-3-13-11(6-10)12(7-14(22)20-13)15(23)21-5-1-4-17(9-21)8-19-16(24)25-17/h2-3,6-7H,1,4-5,8-9H2,(H,19,24)(H,20,22)/t17-/m0/s1. The number of H-pyrrole nitrogens is 1. The van der Waals surface area contributed by atoms with Crippen molar-refractivity contribution in [1.82, 2.24) is 15.2 Å². The van der Waals surface area contributed by atoms with Crippen LogP contribution >= 0.6 is 0 Å². The molecule has 1 aromatic carbocycles. The van der Waals surface area contributed by atoms with Gasteiger partial charge in [-0.05, 0) is 31.0 Å². The molecule has 0 bridgehead atoms. The minimum absolute atomic E-state index is 0.146. The highest BCUT2D eigenvalue weighted by Gasteiger charge is 2.45. The maximum absolute atomic E-state index is 13.6. The van der Waals surface area contributed by atoms with Crippen LogP contribution in [0.2, 0.25) is 0 Å². The van der Waals surface area contributed by atoms with Crippen LogP contribution in [0.4, 0.5) is 9.18 Å². The molecule has 25 heavy (non-hydrogen) atoms. The fourth-order valence-electron chi connectivity index (χ4n) is 3.57. The number of likely N-dealkylation sites (tertiary alicyclic amines) is 1. The highest BCUT2D eigenvalue weighted by atomic mass is 19.1. The van der Waals surface area contributed by atoms with Crippen LogP contribution in [0.25, 0.3) is 10.9 Å². The highest BCUT2D eigenvalue weighted by Crippen LogP contribution is 2.29. The average Bonchev–Trinajstić information content (AvgIpc) is 2.94. The van der Waals surface area contributed by atoms with Crippen molar-refractivity contribution in [2.45, 2.75) is 18.4 Å². The summed E-state index contributed by atoms with van der Waals surface area (Å²) in [6.07, 6.45) is 0.856. The first-order valence-corrected chi connectivity index (χ1v) is 8.05. The molecule has 2 amide bonds. The van der Waals surface area contributed by atoms with Crippen LogP contribution in [0.5, 0.6) is 0 Å². The lowest BCUT2D eigenvalue weighted by Crippen LogP contribution is -2.52. The van der Waals surface area contributed by atoms with Crippen LogP contribution in [0.15, 0.2) is 29.1 Å². The monoisotopic (exact) mass is 345 g/mol. The molecule has 2 aliphatic rings. The molecule has 0 saturated carbocycles. The highest BCUT2D eigenvalue weighted by molar-refractivity contribution is 6.06. The van der Waals surface area contributed by atoms with Gasteiger partial charge in [-0.3, -0.25) is 9.59 Å². The molecule has 4 rings (SSSR count). The predicted molar refractivity (Wildman–Crippen MR) is 86.9 cm³/mol. The SMILES string of the molecule is O=C1NC[C@]2(CCCN(C(=O)c3cc(=O)[nH]c4ccc(F)cc34)C2)O1. The topological polar surface area (TPSA) is 91.5 Å². The van der Waals surface area contributed by atoms with Crippen LogP contribution < -0.4 is 10.9 Å². The molecule has 0 unspecified atom stereocenters. The van der Waals surface area contributed by atoms with Crippen molar-refractivity contribution in [1.29, 1.82) is 0 Å². The van der Waals surface area contributed by atoms with E-state index in [2.05, 4.69) is 10.3 Å². The van der Waals surface area contributed by atoms with Gasteiger partial charge in [0.25, 0.3) is 5.91 Å². The lowest BCUT2D eigenvalue weighted by molar-refractivity contribution is -0.00497. The molecule has 1 spiro atoms. The number of carbonyl (C=O) groups is 2. The Labute approximate surface area is 141 Å². The number of aromatic nitrogens is 1. The van der Waals surface area contributed by atoms with E-state index in [-0.39, 0.29) is 18.0 Å². The minimum atomic E-state index is -0.729. The molecule has 8 heteroatoms. The number of fused-ring (bicyclic) bond motifs is 1. The third kappa shape index (κ3) is 2.73. The lowest BCUT2D eigenvalue weighted by atomic mass is 9.92. The van der Waals surface area contributed by atoms with Gasteiger partial charge >= 0.3 is 6.09 Å². The molecule has 2 saturated heterocycles. The van der Waals surface area contributed by atoms with E-state index in [4.69, 9.17) is 4.74 Å². The summed E-state index contributed by atoms with van der Waals surface area (Å²) < 4.78 is 19.0. The second-order valence-corrected chi connectivity index (χ2v) is 6.49. The Bertz CT molecular complexity index is 941. The van der Waals surface area contributed by atoms with Gasteiger partial charge in [-0.2, -0.15) is 0 Å². The number of nitrogens with one attached hydrogen (secondary N) is 2. The van der Waals surface area contributed by atoms with Crippen LogP contribution in [-0.4, -0.2) is 47.1 Å². The van der Waals surface area contributed by atoms with Gasteiger partial charge in [-0.25, -0.2) is 9.18 Å². The zero-order chi connectivity index (χ0) is 17.6. The van der Waals surface area contributed by atoms with Gasteiger partial charge in [0.05, 0.1) is 18.7 Å². The van der Waals surface area contributed by atoms with E-state index in [0.717, 1.165) is 0 Å². The van der Waals surface area contributed by atoms with E-state index < -0.39 is 23.1 Å². The number of amides is 2. The summed E-state index contributed by atoms with van der Waals surface area (Å²) in [4.78, 5) is 40.4. The number of halogens is 1. The Hall–Kier alpha value is -2.90. The Kier molecular flexibility index (Phi) is 3.48. The summed E-state index contributed by atoms with van der Waals surface area (Å²) >= 11 is 0. The lowest BCUT2D eigenvalue weighted by Gasteiger charge is -2.38. The number of rotatable bonds is 1. The van der Waals surface area contributed by atoms with Gasteiger partial charge in [0.1, 0.15) is 11.4 Å². The normalized spacial score (nSPS) is 22.9. The zero-order valence-electron chi connectivity index (χ0n) is 13.3. The maximum atomic E-state index is 13.6. The first-order valence-electron chi connectivity index (χ1n) is 8.05. The summed E-state index contributed by atoms with van der Waals surface area (Å²) in [6.45, 7) is 1.08. The number of carbonyl (C=O) groups excluding carboxylic acids is 2. The fraction of sp³-hybridized carbons (Fsp3) is 0.353. The molecule has 2 aliphatic heterocycles. The van der Waals surface area contributed by atoms with Gasteiger partial charge in [0.2, 0.25) is 5.56 Å². The number of alkyl carbamates (subject to hydrolysis) is 1. The third-order valence-corrected chi connectivity index (χ3v) is 4.73. The summed E-state index contributed by atoms with van der Waals surface area (Å²) in [6, 6.07) is 5.08. The third-order valence-electron chi connectivity index (χ3n) is 4.73. The first kappa shape index (κ1) is 15.6. The largest absolute Gasteiger partial charge is 0.439 e. The quantitative estimate of drug-likeness (QED) is 0.817. The first-order chi connectivity index (χ1) is 12.0. The van der Waals surface area contributed by atoms with E-state index in [9.17, 15) is 18.8 Å². The number of benzene rings is 1. The molecular formula is C17H16FN3O4. The molecule has 7 nitrogen and oxygen atoms in total. The number of pyridine rings is 1. The van der Waals surface area contributed by atoms with Crippen LogP contribution in [0.1, 0.15) is 23.2 Å². The van der Waals surface area contributed by atoms with Crippen LogP contribution in [0.3, 0.4) is 0 Å². The van der Waals surface area contributed by atoms with E-state index in [0.29, 0.717) is 36.8 Å². The number of hydrogen-bond acceptors (Lipinski definition) is 4. The van der Waals surface area contributed by atoms with E-state index >= 15 is 0 Å². The van der Waals surface area contributed by atoms with E-state index in [1.807, 2.05) is 0 Å². The summed E-state index contributed by atoms with van der Waals surface area (Å²) in [5.41, 5.74) is -0.610. The second kappa shape index (κ2) is 5.58. The Balaban J connectivity index is 1.71. The molecule has 0 aliphatic carbocycles. The van der Waals surface area contributed by atoms with E-state index in [1.165, 1.54) is 24.3 Å². The van der Waals surface area contributed by atoms with Crippen molar-refractivity contribution in [2.75, 3.05) is 19.6 Å². The summed E-state index contributed by atoms with van der Waals surface area (Å²) in [7, 11) is 0. The molecule has 2 fully saturated rings. The molecular weight excluding hydrogens is 329 g/mol. The van der Waals surface area contributed by atoms with E-state index in [1.54, 1.807) is 4.90 Å². The van der Waals surface area contributed by atoms with Crippen molar-refractivity contribution < 1.29 is 18.7 Å². The van der Waals surface area contributed by atoms with Crippen molar-refractivity contribution >= 4 is 22.9 Å². The van der Waals surface area contributed by atoms with Crippen molar-refractivity contribution in [3.63, 3.8) is 0 Å². The average molecular weight is 345 g/mol. The van der Waals surface area contributed by atoms with Gasteiger partial charge in [0, 0.05) is 23.5 Å². The molecule has 1 atom stereocenters. The fourth-order valence-corrected chi connectivity index (χ4v) is 3.57. The molecule has 1 aromatic heterocycles. The number of ether oxygens (including phenoxy) is 1. The number of hydrogen-bond donors (Lipinski definition) is 2. The van der Waals surface area contributed by atoms with Crippen LogP contribution in [0, 0.1) is 5.82 Å². The summed E-state index contributed by atoms with van der Waals surface area (Å²) in [5.74, 6) is -0.860. The van der Waals surface area contributed by atoms with Crippen molar-refractivity contribution in [3.05, 3.63) is 46.0 Å². The van der Waals surface area contributed by atoms with Gasteiger partial charge in [0.15, 0.2) is 0 Å². The smallest absolute Gasteiger partial charge is 0.407 e. The molecule has 3 heterocycles. The number of piperidine rings is 1. The Morgan fingerprint density at radius 2 is 2.12 bits per heavy atom.